The van der Waals surface area contributed by atoms with E-state index in [0.717, 1.165) is 21.4 Å². The van der Waals surface area contributed by atoms with Gasteiger partial charge in [-0.25, -0.2) is 0 Å². The molecule has 0 atom stereocenters. The molecular weight excluding hydrogens is 266 g/mol. The molecule has 0 unspecified atom stereocenters. The summed E-state index contributed by atoms with van der Waals surface area (Å²) in [6.07, 6.45) is 0. The van der Waals surface area contributed by atoms with Gasteiger partial charge in [-0.15, -0.1) is 11.8 Å². The largest absolute Gasteiger partial charge is 0.491 e. The highest BCUT2D eigenvalue weighted by Gasteiger charge is 1.99. The van der Waals surface area contributed by atoms with Crippen LogP contribution in [0.3, 0.4) is 0 Å². The molecule has 0 amide bonds. The van der Waals surface area contributed by atoms with Crippen LogP contribution in [0.2, 0.25) is 5.02 Å². The SMILES string of the molecule is Nc1ccccc1OCCSc1cccc(Cl)c1. The number of benzene rings is 2. The van der Waals surface area contributed by atoms with Gasteiger partial charge in [-0.2, -0.15) is 0 Å². The number of thioether (sulfide) groups is 1. The Morgan fingerprint density at radius 2 is 1.94 bits per heavy atom. The third-order valence-electron chi connectivity index (χ3n) is 2.32. The highest BCUT2D eigenvalue weighted by atomic mass is 35.5. The molecule has 4 heteroatoms. The van der Waals surface area contributed by atoms with Gasteiger partial charge in [0.2, 0.25) is 0 Å². The van der Waals surface area contributed by atoms with Gasteiger partial charge in [0, 0.05) is 15.7 Å². The van der Waals surface area contributed by atoms with Crippen LogP contribution in [0.1, 0.15) is 0 Å². The van der Waals surface area contributed by atoms with Crippen LogP contribution < -0.4 is 10.5 Å². The summed E-state index contributed by atoms with van der Waals surface area (Å²) in [5, 5.41) is 0.758. The Morgan fingerprint density at radius 3 is 2.72 bits per heavy atom. The highest BCUT2D eigenvalue weighted by Crippen LogP contribution is 2.23. The molecule has 0 spiro atoms. The van der Waals surface area contributed by atoms with E-state index < -0.39 is 0 Å². The summed E-state index contributed by atoms with van der Waals surface area (Å²) in [7, 11) is 0. The average Bonchev–Trinajstić information content (AvgIpc) is 2.37. The fraction of sp³-hybridized carbons (Fsp3) is 0.143. The van der Waals surface area contributed by atoms with Gasteiger partial charge in [0.25, 0.3) is 0 Å². The van der Waals surface area contributed by atoms with Crippen molar-refractivity contribution in [3.63, 3.8) is 0 Å². The number of hydrogen-bond donors (Lipinski definition) is 1. The first-order chi connectivity index (χ1) is 8.75. The van der Waals surface area contributed by atoms with Gasteiger partial charge in [-0.3, -0.25) is 0 Å². The van der Waals surface area contributed by atoms with Crippen molar-refractivity contribution in [1.29, 1.82) is 0 Å². The zero-order valence-corrected chi connectivity index (χ0v) is 11.4. The summed E-state index contributed by atoms with van der Waals surface area (Å²) in [6, 6.07) is 15.3. The Morgan fingerprint density at radius 1 is 1.11 bits per heavy atom. The van der Waals surface area contributed by atoms with E-state index in [1.807, 2.05) is 48.5 Å². The van der Waals surface area contributed by atoms with E-state index in [-0.39, 0.29) is 0 Å². The molecule has 0 bridgehead atoms. The fourth-order valence-electron chi connectivity index (χ4n) is 1.48. The molecule has 2 aromatic rings. The van der Waals surface area contributed by atoms with E-state index in [9.17, 15) is 0 Å². The standard InChI is InChI=1S/C14H14ClNOS/c15-11-4-3-5-12(10-11)18-9-8-17-14-7-2-1-6-13(14)16/h1-7,10H,8-9,16H2. The van der Waals surface area contributed by atoms with Crippen LogP contribution in [0, 0.1) is 0 Å². The third kappa shape index (κ3) is 3.86. The lowest BCUT2D eigenvalue weighted by Gasteiger charge is -2.08. The normalized spacial score (nSPS) is 10.3. The summed E-state index contributed by atoms with van der Waals surface area (Å²) in [4.78, 5) is 1.15. The number of rotatable bonds is 5. The average molecular weight is 280 g/mol. The summed E-state index contributed by atoms with van der Waals surface area (Å²) >= 11 is 7.62. The first kappa shape index (κ1) is 13.1. The number of anilines is 1. The van der Waals surface area contributed by atoms with Crippen LogP contribution in [0.5, 0.6) is 5.75 Å². The molecular formula is C14H14ClNOS. The van der Waals surface area contributed by atoms with Crippen molar-refractivity contribution in [2.75, 3.05) is 18.1 Å². The lowest BCUT2D eigenvalue weighted by Crippen LogP contribution is -2.02. The predicted octanol–water partition coefficient (Wildman–Crippen LogP) is 4.09. The molecule has 2 nitrogen and oxygen atoms in total. The number of para-hydroxylation sites is 2. The van der Waals surface area contributed by atoms with Crippen LogP contribution >= 0.6 is 23.4 Å². The van der Waals surface area contributed by atoms with Crippen molar-refractivity contribution in [1.82, 2.24) is 0 Å². The Hall–Kier alpha value is -1.32. The molecule has 0 aliphatic rings. The van der Waals surface area contributed by atoms with Crippen molar-refractivity contribution in [3.05, 3.63) is 53.6 Å². The molecule has 0 aliphatic carbocycles. The topological polar surface area (TPSA) is 35.2 Å². The molecule has 94 valence electrons. The molecule has 0 fully saturated rings. The molecule has 0 aliphatic heterocycles. The van der Waals surface area contributed by atoms with Crippen molar-refractivity contribution >= 4 is 29.1 Å². The van der Waals surface area contributed by atoms with Gasteiger partial charge in [-0.1, -0.05) is 29.8 Å². The molecule has 2 aromatic carbocycles. The van der Waals surface area contributed by atoms with Crippen molar-refractivity contribution < 1.29 is 4.74 Å². The van der Waals surface area contributed by atoms with Gasteiger partial charge < -0.3 is 10.5 Å². The van der Waals surface area contributed by atoms with Gasteiger partial charge >= 0.3 is 0 Å². The lowest BCUT2D eigenvalue weighted by atomic mass is 10.3. The van der Waals surface area contributed by atoms with Crippen LogP contribution in [-0.2, 0) is 0 Å². The lowest BCUT2D eigenvalue weighted by molar-refractivity contribution is 0.346. The van der Waals surface area contributed by atoms with Gasteiger partial charge in [-0.05, 0) is 30.3 Å². The summed E-state index contributed by atoms with van der Waals surface area (Å²) in [6.45, 7) is 0.616. The quantitative estimate of drug-likeness (QED) is 0.509. The smallest absolute Gasteiger partial charge is 0.142 e. The summed E-state index contributed by atoms with van der Waals surface area (Å²) in [5.74, 6) is 1.60. The van der Waals surface area contributed by atoms with Gasteiger partial charge in [0.1, 0.15) is 5.75 Å². The maximum absolute atomic E-state index is 5.91. The first-order valence-corrected chi connectivity index (χ1v) is 6.98. The Labute approximate surface area is 116 Å². The van der Waals surface area contributed by atoms with Gasteiger partial charge in [0.15, 0.2) is 0 Å². The zero-order chi connectivity index (χ0) is 12.8. The van der Waals surface area contributed by atoms with E-state index in [0.29, 0.717) is 12.3 Å². The van der Waals surface area contributed by atoms with Crippen LogP contribution in [-0.4, -0.2) is 12.4 Å². The second kappa shape index (κ2) is 6.57. The molecule has 2 rings (SSSR count). The highest BCUT2D eigenvalue weighted by molar-refractivity contribution is 7.99. The maximum Gasteiger partial charge on any atom is 0.142 e. The molecule has 0 heterocycles. The van der Waals surface area contributed by atoms with E-state index >= 15 is 0 Å². The molecule has 0 radical (unpaired) electrons. The minimum Gasteiger partial charge on any atom is -0.491 e. The number of nitrogen functional groups attached to an aromatic ring is 1. The van der Waals surface area contributed by atoms with Gasteiger partial charge in [0.05, 0.1) is 12.3 Å². The Kier molecular flexibility index (Phi) is 4.79. The van der Waals surface area contributed by atoms with E-state index in [1.54, 1.807) is 11.8 Å². The summed E-state index contributed by atoms with van der Waals surface area (Å²) in [5.41, 5.74) is 6.46. The van der Waals surface area contributed by atoms with Crippen LogP contribution in [0.15, 0.2) is 53.4 Å². The second-order valence-electron chi connectivity index (χ2n) is 3.69. The van der Waals surface area contributed by atoms with E-state index in [2.05, 4.69) is 0 Å². The molecule has 0 saturated heterocycles. The second-order valence-corrected chi connectivity index (χ2v) is 5.30. The Balaban J connectivity index is 1.78. The monoisotopic (exact) mass is 279 g/mol. The maximum atomic E-state index is 5.91. The van der Waals surface area contributed by atoms with Crippen molar-refractivity contribution in [2.45, 2.75) is 4.90 Å². The van der Waals surface area contributed by atoms with Crippen LogP contribution in [0.4, 0.5) is 5.69 Å². The van der Waals surface area contributed by atoms with Crippen LogP contribution in [0.25, 0.3) is 0 Å². The Bertz CT molecular complexity index is 519. The first-order valence-electron chi connectivity index (χ1n) is 5.61. The minimum atomic E-state index is 0.616. The van der Waals surface area contributed by atoms with E-state index in [4.69, 9.17) is 22.1 Å². The third-order valence-corrected chi connectivity index (χ3v) is 3.52. The predicted molar refractivity (Wildman–Crippen MR) is 78.5 cm³/mol. The zero-order valence-electron chi connectivity index (χ0n) is 9.80. The molecule has 0 saturated carbocycles. The molecule has 2 N–H and O–H groups in total. The van der Waals surface area contributed by atoms with E-state index in [1.165, 1.54) is 0 Å². The number of ether oxygens (including phenoxy) is 1. The number of hydrogen-bond acceptors (Lipinski definition) is 3. The summed E-state index contributed by atoms with van der Waals surface area (Å²) < 4.78 is 5.61. The fourth-order valence-corrected chi connectivity index (χ4v) is 2.52. The molecule has 0 aromatic heterocycles. The molecule has 18 heavy (non-hydrogen) atoms. The van der Waals surface area contributed by atoms with Crippen molar-refractivity contribution in [2.24, 2.45) is 0 Å². The number of nitrogens with two attached hydrogens (primary N) is 1. The number of halogens is 1. The minimum absolute atomic E-state index is 0.616. The van der Waals surface area contributed by atoms with Crippen molar-refractivity contribution in [3.8, 4) is 5.75 Å².